The Morgan fingerprint density at radius 2 is 1.76 bits per heavy atom. The van der Waals surface area contributed by atoms with Crippen molar-refractivity contribution in [3.05, 3.63) is 53.1 Å². The predicted molar refractivity (Wildman–Crippen MR) is 123 cm³/mol. The second kappa shape index (κ2) is 11.6. The molecule has 1 heterocycles. The number of rotatable bonds is 9. The van der Waals surface area contributed by atoms with Crippen LogP contribution in [-0.4, -0.2) is 42.1 Å². The molecule has 0 radical (unpaired) electrons. The summed E-state index contributed by atoms with van der Waals surface area (Å²) in [5.41, 5.74) is 1.17. The molecule has 2 aromatic rings. The highest BCUT2D eigenvalue weighted by Gasteiger charge is 2.30. The summed E-state index contributed by atoms with van der Waals surface area (Å²) in [4.78, 5) is 41.0. The molecule has 0 saturated carbocycles. The van der Waals surface area contributed by atoms with E-state index >= 15 is 0 Å². The average molecular weight is 475 g/mol. The number of carbonyl (C=O) groups excluding carboxylic acids is 3. The first kappa shape index (κ1) is 26.8. The van der Waals surface area contributed by atoms with E-state index in [1.807, 2.05) is 13.8 Å². The minimum Gasteiger partial charge on any atom is -0.493 e. The van der Waals surface area contributed by atoms with Gasteiger partial charge in [-0.2, -0.15) is 0 Å². The van der Waals surface area contributed by atoms with Gasteiger partial charge >= 0.3 is 11.9 Å². The maximum Gasteiger partial charge on any atom is 0.328 e. The van der Waals surface area contributed by atoms with Crippen molar-refractivity contribution in [2.75, 3.05) is 7.11 Å². The lowest BCUT2D eigenvalue weighted by Crippen LogP contribution is -2.42. The van der Waals surface area contributed by atoms with Crippen molar-refractivity contribution >= 4 is 17.8 Å². The second-order valence-corrected chi connectivity index (χ2v) is 8.40. The first-order valence-corrected chi connectivity index (χ1v) is 10.9. The van der Waals surface area contributed by atoms with E-state index in [0.29, 0.717) is 5.56 Å². The van der Waals surface area contributed by atoms with Crippen molar-refractivity contribution in [2.24, 2.45) is 5.92 Å². The summed E-state index contributed by atoms with van der Waals surface area (Å²) in [6.07, 6.45) is 0.784. The average Bonchev–Trinajstić information content (AvgIpc) is 2.75. The molecule has 0 saturated heterocycles. The minimum absolute atomic E-state index is 0.102. The highest BCUT2D eigenvalue weighted by molar-refractivity contribution is 5.98. The molecule has 1 aromatic carbocycles. The summed E-state index contributed by atoms with van der Waals surface area (Å²) < 4.78 is 29.6. The van der Waals surface area contributed by atoms with Crippen LogP contribution in [0.25, 0.3) is 0 Å². The molecule has 1 amide bonds. The quantitative estimate of drug-likeness (QED) is 0.549. The van der Waals surface area contributed by atoms with Gasteiger partial charge in [-0.1, -0.05) is 26.0 Å². The third-order valence-corrected chi connectivity index (χ3v) is 5.34. The molecule has 0 fully saturated rings. The number of carbonyl (C=O) groups is 3. The van der Waals surface area contributed by atoms with Gasteiger partial charge in [0.15, 0.2) is 11.4 Å². The fraction of sp³-hybridized carbons (Fsp3) is 0.440. The number of hydrogen-bond donors (Lipinski definition) is 1. The van der Waals surface area contributed by atoms with Crippen LogP contribution in [0.5, 0.6) is 11.5 Å². The van der Waals surface area contributed by atoms with E-state index in [0.717, 1.165) is 5.56 Å². The van der Waals surface area contributed by atoms with Crippen LogP contribution in [0.15, 0.2) is 30.5 Å². The van der Waals surface area contributed by atoms with Gasteiger partial charge in [-0.3, -0.25) is 9.59 Å². The van der Waals surface area contributed by atoms with E-state index in [9.17, 15) is 18.8 Å². The Kier molecular flexibility index (Phi) is 9.11. The summed E-state index contributed by atoms with van der Waals surface area (Å²) in [5.74, 6) is -2.41. The molecule has 9 heteroatoms. The number of hydrogen-bond acceptors (Lipinski definition) is 7. The van der Waals surface area contributed by atoms with Crippen LogP contribution in [0.4, 0.5) is 4.39 Å². The third kappa shape index (κ3) is 6.52. The summed E-state index contributed by atoms with van der Waals surface area (Å²) in [6, 6.07) is 5.27. The maximum absolute atomic E-state index is 13.7. The topological polar surface area (TPSA) is 104 Å². The molecule has 0 spiro atoms. The SMILES string of the molecule is COc1ccnc(C(=O)N[C@@H](C)C(=O)O[C@@H](C)[C@H](c2ccc(F)c(C)c2)C(C)C)c1OC(C)=O. The molecule has 0 bridgehead atoms. The van der Waals surface area contributed by atoms with Crippen LogP contribution >= 0.6 is 0 Å². The van der Waals surface area contributed by atoms with E-state index in [1.165, 1.54) is 39.3 Å². The molecular weight excluding hydrogens is 443 g/mol. The van der Waals surface area contributed by atoms with E-state index in [1.54, 1.807) is 26.0 Å². The zero-order valence-corrected chi connectivity index (χ0v) is 20.5. The number of benzene rings is 1. The fourth-order valence-corrected chi connectivity index (χ4v) is 3.75. The number of halogens is 1. The number of amides is 1. The summed E-state index contributed by atoms with van der Waals surface area (Å²) >= 11 is 0. The maximum atomic E-state index is 13.7. The molecule has 184 valence electrons. The molecule has 1 aromatic heterocycles. The predicted octanol–water partition coefficient (Wildman–Crippen LogP) is 3.95. The van der Waals surface area contributed by atoms with Crippen LogP contribution < -0.4 is 14.8 Å². The summed E-state index contributed by atoms with van der Waals surface area (Å²) in [5, 5.41) is 2.52. The molecule has 0 aliphatic heterocycles. The normalized spacial score (nSPS) is 13.6. The van der Waals surface area contributed by atoms with Crippen molar-refractivity contribution in [2.45, 2.75) is 59.6 Å². The first-order valence-electron chi connectivity index (χ1n) is 10.9. The molecule has 1 N–H and O–H groups in total. The standard InChI is InChI=1S/C25H31FN2O6/c1-13(2)21(18-8-9-19(26)14(3)12-18)16(5)33-25(31)15(4)28-24(30)22-23(34-17(6)29)20(32-7)10-11-27-22/h8-13,15-16,21H,1-7H3,(H,28,30)/t15-,16-,21+/m0/s1. The van der Waals surface area contributed by atoms with Gasteiger partial charge in [0.25, 0.3) is 5.91 Å². The molecule has 2 rings (SSSR count). The number of aryl methyl sites for hydroxylation is 1. The van der Waals surface area contributed by atoms with Crippen LogP contribution in [0.2, 0.25) is 0 Å². The van der Waals surface area contributed by atoms with Gasteiger partial charge in [0.05, 0.1) is 7.11 Å². The van der Waals surface area contributed by atoms with Crippen molar-refractivity contribution in [3.63, 3.8) is 0 Å². The molecule has 0 aliphatic rings. The van der Waals surface area contributed by atoms with E-state index < -0.39 is 30.0 Å². The lowest BCUT2D eigenvalue weighted by atomic mass is 9.84. The van der Waals surface area contributed by atoms with Crippen LogP contribution in [0.1, 0.15) is 62.2 Å². The molecule has 34 heavy (non-hydrogen) atoms. The van der Waals surface area contributed by atoms with Gasteiger partial charge in [0, 0.05) is 25.1 Å². The van der Waals surface area contributed by atoms with Crippen molar-refractivity contribution in [1.82, 2.24) is 10.3 Å². The highest BCUT2D eigenvalue weighted by Crippen LogP contribution is 2.32. The Hall–Kier alpha value is -3.49. The molecule has 3 atom stereocenters. The van der Waals surface area contributed by atoms with Gasteiger partial charge < -0.3 is 19.5 Å². The van der Waals surface area contributed by atoms with Crippen molar-refractivity contribution < 1.29 is 33.0 Å². The fourth-order valence-electron chi connectivity index (χ4n) is 3.75. The van der Waals surface area contributed by atoms with Crippen molar-refractivity contribution in [1.29, 1.82) is 0 Å². The smallest absolute Gasteiger partial charge is 0.328 e. The zero-order chi connectivity index (χ0) is 25.6. The number of nitrogens with zero attached hydrogens (tertiary/aromatic N) is 1. The van der Waals surface area contributed by atoms with E-state index in [4.69, 9.17) is 14.2 Å². The molecular formula is C25H31FN2O6. The molecule has 0 unspecified atom stereocenters. The minimum atomic E-state index is -1.02. The van der Waals surface area contributed by atoms with Crippen LogP contribution in [0.3, 0.4) is 0 Å². The van der Waals surface area contributed by atoms with E-state index in [-0.39, 0.29) is 34.8 Å². The largest absolute Gasteiger partial charge is 0.493 e. The first-order chi connectivity index (χ1) is 16.0. The number of ether oxygens (including phenoxy) is 3. The van der Waals surface area contributed by atoms with E-state index in [2.05, 4.69) is 10.3 Å². The molecule has 8 nitrogen and oxygen atoms in total. The Morgan fingerprint density at radius 3 is 2.32 bits per heavy atom. The molecule has 0 aliphatic carbocycles. The number of esters is 2. The van der Waals surface area contributed by atoms with Gasteiger partial charge in [0.2, 0.25) is 5.75 Å². The number of nitrogens with one attached hydrogen (secondary N) is 1. The van der Waals surface area contributed by atoms with Gasteiger partial charge in [-0.05, 0) is 43.9 Å². The number of methoxy groups -OCH3 is 1. The monoisotopic (exact) mass is 474 g/mol. The van der Waals surface area contributed by atoms with Gasteiger partial charge in [-0.25, -0.2) is 14.2 Å². The summed E-state index contributed by atoms with van der Waals surface area (Å²) in [6.45, 7) is 10.1. The zero-order valence-electron chi connectivity index (χ0n) is 20.5. The number of pyridine rings is 1. The lowest BCUT2D eigenvalue weighted by Gasteiger charge is -2.29. The lowest BCUT2D eigenvalue weighted by molar-refractivity contribution is -0.151. The Balaban J connectivity index is 2.15. The second-order valence-electron chi connectivity index (χ2n) is 8.40. The highest BCUT2D eigenvalue weighted by atomic mass is 19.1. The Morgan fingerprint density at radius 1 is 1.09 bits per heavy atom. The number of aromatic nitrogens is 1. The third-order valence-electron chi connectivity index (χ3n) is 5.34. The van der Waals surface area contributed by atoms with Gasteiger partial charge in [-0.15, -0.1) is 0 Å². The van der Waals surface area contributed by atoms with Crippen LogP contribution in [0, 0.1) is 18.7 Å². The Labute approximate surface area is 198 Å². The van der Waals surface area contributed by atoms with Crippen LogP contribution in [-0.2, 0) is 14.3 Å². The van der Waals surface area contributed by atoms with Gasteiger partial charge in [0.1, 0.15) is 18.0 Å². The van der Waals surface area contributed by atoms with Crippen molar-refractivity contribution in [3.8, 4) is 11.5 Å². The summed E-state index contributed by atoms with van der Waals surface area (Å²) in [7, 11) is 1.36. The Bertz CT molecular complexity index is 1060.